The summed E-state index contributed by atoms with van der Waals surface area (Å²) in [6, 6.07) is 4.51. The number of nitrogens with one attached hydrogen (secondary N) is 1. The molecule has 0 radical (unpaired) electrons. The Kier molecular flexibility index (Phi) is 4.83. The Bertz CT molecular complexity index is 791. The number of amides is 3. The van der Waals surface area contributed by atoms with Crippen LogP contribution in [0.5, 0.6) is 0 Å². The monoisotopic (exact) mass is 357 g/mol. The average molecular weight is 357 g/mol. The Morgan fingerprint density at radius 2 is 1.85 bits per heavy atom. The molecule has 136 valence electrons. The third-order valence-corrected chi connectivity index (χ3v) is 4.79. The summed E-state index contributed by atoms with van der Waals surface area (Å²) in [4.78, 5) is 48.6. The van der Waals surface area contributed by atoms with Crippen LogP contribution in [-0.4, -0.2) is 34.1 Å². The van der Waals surface area contributed by atoms with E-state index in [4.69, 9.17) is 0 Å². The zero-order valence-corrected chi connectivity index (χ0v) is 14.3. The highest BCUT2D eigenvalue weighted by atomic mass is 16.6. The minimum atomic E-state index is -0.562. The summed E-state index contributed by atoms with van der Waals surface area (Å²) in [6.07, 6.45) is 4.80. The Labute approximate surface area is 150 Å². The van der Waals surface area contributed by atoms with Gasteiger partial charge in [-0.2, -0.15) is 0 Å². The van der Waals surface area contributed by atoms with Gasteiger partial charge in [0.1, 0.15) is 5.69 Å². The first-order valence-electron chi connectivity index (χ1n) is 8.43. The van der Waals surface area contributed by atoms with Gasteiger partial charge in [0.05, 0.1) is 16.8 Å². The minimum absolute atomic E-state index is 0.0177. The van der Waals surface area contributed by atoms with E-state index in [2.05, 4.69) is 5.32 Å². The highest BCUT2D eigenvalue weighted by molar-refractivity contribution is 6.06. The van der Waals surface area contributed by atoms with Crippen LogP contribution < -0.4 is 5.32 Å². The van der Waals surface area contributed by atoms with Gasteiger partial charge in [-0.1, -0.05) is 18.2 Å². The third-order valence-electron chi connectivity index (χ3n) is 4.79. The molecule has 1 aromatic rings. The van der Waals surface area contributed by atoms with Crippen molar-refractivity contribution < 1.29 is 19.3 Å². The number of rotatable bonds is 5. The van der Waals surface area contributed by atoms with Crippen molar-refractivity contribution in [2.75, 3.05) is 11.9 Å². The second-order valence-electron chi connectivity index (χ2n) is 6.56. The molecule has 1 N–H and O–H groups in total. The van der Waals surface area contributed by atoms with Crippen LogP contribution in [0.3, 0.4) is 0 Å². The molecule has 2 atom stereocenters. The molecule has 26 heavy (non-hydrogen) atoms. The zero-order chi connectivity index (χ0) is 18.8. The van der Waals surface area contributed by atoms with Crippen LogP contribution in [0.1, 0.15) is 24.8 Å². The number of carbonyl (C=O) groups excluding carboxylic acids is 3. The van der Waals surface area contributed by atoms with Gasteiger partial charge in [0.25, 0.3) is 5.69 Å². The summed E-state index contributed by atoms with van der Waals surface area (Å²) in [6.45, 7) is 1.70. The molecule has 1 fully saturated rings. The van der Waals surface area contributed by atoms with Crippen molar-refractivity contribution in [3.63, 3.8) is 0 Å². The molecule has 0 saturated carbocycles. The van der Waals surface area contributed by atoms with Crippen LogP contribution in [0.15, 0.2) is 30.4 Å². The molecule has 3 amide bonds. The lowest BCUT2D eigenvalue weighted by Gasteiger charge is -2.14. The number of benzene rings is 1. The van der Waals surface area contributed by atoms with E-state index in [1.54, 1.807) is 13.0 Å². The van der Waals surface area contributed by atoms with Crippen LogP contribution in [0.25, 0.3) is 0 Å². The van der Waals surface area contributed by atoms with Crippen LogP contribution in [0, 0.1) is 28.9 Å². The molecule has 0 bridgehead atoms. The van der Waals surface area contributed by atoms with E-state index in [0.29, 0.717) is 18.4 Å². The first-order valence-corrected chi connectivity index (χ1v) is 8.43. The fraction of sp³-hybridized carbons (Fsp3) is 0.389. The molecule has 8 nitrogen and oxygen atoms in total. The molecule has 2 aliphatic rings. The fourth-order valence-electron chi connectivity index (χ4n) is 3.41. The Balaban J connectivity index is 1.62. The SMILES string of the molecule is Cc1ccc(NC(=O)CCN2C(=O)[C@H]3CC=CC[C@@H]3C2=O)c([N+](=O)[O-])c1. The van der Waals surface area contributed by atoms with Crippen LogP contribution in [0.4, 0.5) is 11.4 Å². The lowest BCUT2D eigenvalue weighted by atomic mass is 9.85. The van der Waals surface area contributed by atoms with Crippen molar-refractivity contribution in [2.45, 2.75) is 26.2 Å². The molecular formula is C18H19N3O5. The maximum atomic E-state index is 12.4. The smallest absolute Gasteiger partial charge is 0.293 e. The van der Waals surface area contributed by atoms with Gasteiger partial charge in [0.15, 0.2) is 0 Å². The highest BCUT2D eigenvalue weighted by Gasteiger charge is 2.46. The minimum Gasteiger partial charge on any atom is -0.320 e. The molecule has 3 rings (SSSR count). The number of hydrogen-bond acceptors (Lipinski definition) is 5. The predicted octanol–water partition coefficient (Wildman–Crippen LogP) is 2.18. The van der Waals surface area contributed by atoms with Crippen molar-refractivity contribution in [3.8, 4) is 0 Å². The molecule has 0 aromatic heterocycles. The Morgan fingerprint density at radius 1 is 1.23 bits per heavy atom. The van der Waals surface area contributed by atoms with Crippen molar-refractivity contribution in [3.05, 3.63) is 46.0 Å². The second-order valence-corrected chi connectivity index (χ2v) is 6.56. The molecule has 0 unspecified atom stereocenters. The molecule has 1 aromatic carbocycles. The summed E-state index contributed by atoms with van der Waals surface area (Å²) in [5.74, 6) is -1.61. The van der Waals surface area contributed by atoms with E-state index in [9.17, 15) is 24.5 Å². The van der Waals surface area contributed by atoms with Gasteiger partial charge in [-0.05, 0) is 31.4 Å². The third kappa shape index (κ3) is 3.35. The molecule has 8 heteroatoms. The van der Waals surface area contributed by atoms with Gasteiger partial charge >= 0.3 is 0 Å². The second kappa shape index (κ2) is 7.07. The van der Waals surface area contributed by atoms with Gasteiger partial charge in [-0.3, -0.25) is 29.4 Å². The van der Waals surface area contributed by atoms with E-state index < -0.39 is 10.8 Å². The Hall–Kier alpha value is -3.03. The molecule has 1 heterocycles. The first kappa shape index (κ1) is 17.8. The number of hydrogen-bond donors (Lipinski definition) is 1. The number of likely N-dealkylation sites (tertiary alicyclic amines) is 1. The quantitative estimate of drug-likeness (QED) is 0.376. The number of anilines is 1. The van der Waals surface area contributed by atoms with Crippen molar-refractivity contribution >= 4 is 29.1 Å². The standard InChI is InChI=1S/C18H19N3O5/c1-11-6-7-14(15(10-11)21(25)26)19-16(22)8-9-20-17(23)12-4-2-3-5-13(12)18(20)24/h2-3,6-7,10,12-13H,4-5,8-9H2,1H3,(H,19,22)/t12-,13-/m0/s1. The van der Waals surface area contributed by atoms with Crippen LogP contribution in [0.2, 0.25) is 0 Å². The number of fused-ring (bicyclic) bond motifs is 1. The van der Waals surface area contributed by atoms with E-state index in [0.717, 1.165) is 4.90 Å². The number of nitro groups is 1. The number of aryl methyl sites for hydroxylation is 1. The maximum Gasteiger partial charge on any atom is 0.293 e. The van der Waals surface area contributed by atoms with Gasteiger partial charge in [-0.25, -0.2) is 0 Å². The summed E-state index contributed by atoms with van der Waals surface area (Å²) >= 11 is 0. The number of nitro benzene ring substituents is 1. The van der Waals surface area contributed by atoms with Gasteiger partial charge < -0.3 is 5.32 Å². The topological polar surface area (TPSA) is 110 Å². The fourth-order valence-corrected chi connectivity index (χ4v) is 3.41. The van der Waals surface area contributed by atoms with Crippen molar-refractivity contribution in [1.82, 2.24) is 4.90 Å². The largest absolute Gasteiger partial charge is 0.320 e. The zero-order valence-electron chi connectivity index (χ0n) is 14.3. The van der Waals surface area contributed by atoms with Crippen molar-refractivity contribution in [2.24, 2.45) is 11.8 Å². The molecule has 1 aliphatic carbocycles. The summed E-state index contributed by atoms with van der Waals surface area (Å²) in [7, 11) is 0. The molecule has 1 aliphatic heterocycles. The number of imide groups is 1. The van der Waals surface area contributed by atoms with E-state index in [1.807, 2.05) is 12.2 Å². The summed E-state index contributed by atoms with van der Waals surface area (Å²) < 4.78 is 0. The van der Waals surface area contributed by atoms with Crippen LogP contribution in [-0.2, 0) is 14.4 Å². The van der Waals surface area contributed by atoms with Gasteiger partial charge in [0.2, 0.25) is 17.7 Å². The highest BCUT2D eigenvalue weighted by Crippen LogP contribution is 2.35. The summed E-state index contributed by atoms with van der Waals surface area (Å²) in [5.41, 5.74) is 0.616. The van der Waals surface area contributed by atoms with Crippen molar-refractivity contribution in [1.29, 1.82) is 0 Å². The summed E-state index contributed by atoms with van der Waals surface area (Å²) in [5, 5.41) is 13.6. The van der Waals surface area contributed by atoms with Crippen LogP contribution >= 0.6 is 0 Å². The van der Waals surface area contributed by atoms with Gasteiger partial charge in [0, 0.05) is 19.0 Å². The molecular weight excluding hydrogens is 338 g/mol. The van der Waals surface area contributed by atoms with Gasteiger partial charge in [-0.15, -0.1) is 0 Å². The lowest BCUT2D eigenvalue weighted by Crippen LogP contribution is -2.34. The Morgan fingerprint density at radius 3 is 2.42 bits per heavy atom. The number of nitrogens with zero attached hydrogens (tertiary/aromatic N) is 2. The normalized spacial score (nSPS) is 21.7. The van der Waals surface area contributed by atoms with E-state index in [1.165, 1.54) is 12.1 Å². The lowest BCUT2D eigenvalue weighted by molar-refractivity contribution is -0.384. The average Bonchev–Trinajstić information content (AvgIpc) is 2.86. The van der Waals surface area contributed by atoms with E-state index >= 15 is 0 Å². The molecule has 0 spiro atoms. The molecule has 1 saturated heterocycles. The predicted molar refractivity (Wildman–Crippen MR) is 93.2 cm³/mol. The first-order chi connectivity index (χ1) is 12.4. The van der Waals surface area contributed by atoms with E-state index in [-0.39, 0.29) is 48.0 Å². The number of allylic oxidation sites excluding steroid dienone is 2. The maximum absolute atomic E-state index is 12.4. The number of carbonyl (C=O) groups is 3.